The topological polar surface area (TPSA) is 246 Å². The molecule has 2 aliphatic rings. The highest BCUT2D eigenvalue weighted by atomic mass is 16.4. The lowest BCUT2D eigenvalue weighted by Gasteiger charge is -2.23. The van der Waals surface area contributed by atoms with Gasteiger partial charge < -0.3 is 47.2 Å². The number of hydrogen-bond acceptors (Lipinski definition) is 11. The number of anilines is 2. The quantitative estimate of drug-likeness (QED) is 0.129. The number of benzene rings is 2. The van der Waals surface area contributed by atoms with Crippen molar-refractivity contribution in [2.45, 2.75) is 64.7 Å². The number of rotatable bonds is 12. The van der Waals surface area contributed by atoms with Crippen molar-refractivity contribution >= 4 is 47.1 Å². The fourth-order valence-corrected chi connectivity index (χ4v) is 7.09. The minimum Gasteiger partial charge on any atom is -0.478 e. The third kappa shape index (κ3) is 12.1. The highest BCUT2D eigenvalue weighted by molar-refractivity contribution is 5.95. The molecule has 5 amide bonds. The highest BCUT2D eigenvalue weighted by Crippen LogP contribution is 2.23. The number of carbonyl (C=O) groups excluding carboxylic acids is 5. The first-order valence-corrected chi connectivity index (χ1v) is 19.8. The molecular weight excluding hydrogens is 781 g/mol. The zero-order valence-corrected chi connectivity index (χ0v) is 35.5. The molecule has 2 saturated heterocycles. The molecule has 4 atom stereocenters. The molecule has 6 rings (SSSR count). The molecule has 2 aliphatic heterocycles. The van der Waals surface area contributed by atoms with Crippen molar-refractivity contribution in [1.29, 1.82) is 0 Å². The van der Waals surface area contributed by atoms with E-state index in [0.29, 0.717) is 54.5 Å². The summed E-state index contributed by atoms with van der Waals surface area (Å²) in [5.74, 6) is -0.412. The van der Waals surface area contributed by atoms with Crippen LogP contribution in [-0.4, -0.2) is 123 Å². The van der Waals surface area contributed by atoms with E-state index >= 15 is 0 Å². The Balaban J connectivity index is 0.000000264. The van der Waals surface area contributed by atoms with Crippen LogP contribution in [-0.2, 0) is 9.59 Å². The maximum absolute atomic E-state index is 12.8. The molecule has 61 heavy (non-hydrogen) atoms. The summed E-state index contributed by atoms with van der Waals surface area (Å²) < 4.78 is 0. The summed E-state index contributed by atoms with van der Waals surface area (Å²) in [4.78, 5) is 86.7. The van der Waals surface area contributed by atoms with Crippen molar-refractivity contribution in [2.75, 3.05) is 50.9 Å². The second kappa shape index (κ2) is 20.9. The Bertz CT molecular complexity index is 2050. The van der Waals surface area contributed by atoms with Gasteiger partial charge in [0.15, 0.2) is 0 Å². The van der Waals surface area contributed by atoms with Crippen molar-refractivity contribution in [3.05, 3.63) is 119 Å². The summed E-state index contributed by atoms with van der Waals surface area (Å²) in [6.45, 7) is 9.21. The Morgan fingerprint density at radius 1 is 0.672 bits per heavy atom. The number of carboxylic acids is 1. The minimum absolute atomic E-state index is 0. The van der Waals surface area contributed by atoms with Crippen molar-refractivity contribution in [1.82, 2.24) is 35.7 Å². The summed E-state index contributed by atoms with van der Waals surface area (Å²) in [6, 6.07) is 20.7. The zero-order valence-electron chi connectivity index (χ0n) is 35.5. The number of nitrogens with zero attached hydrogens (tertiary/aromatic N) is 6. The van der Waals surface area contributed by atoms with E-state index in [2.05, 4.69) is 20.6 Å². The second-order valence-electron chi connectivity index (χ2n) is 15.2. The number of likely N-dealkylation sites (tertiary alicyclic amines) is 2. The standard InChI is InChI=1S/C22H27N5O3.C22H26N4O4.H3N/c1-14(16-5-4-6-17(11-16)21(23)29)25-20-8-7-18(12-24-20)22(30)27-10-9-19(13-27)26(3)15(2)28;1-14(16-5-4-6-17(11-16)22(29)30)24-20-8-7-18(12-23-20)21(28)26-10-9-19(13-26)25(3)15(2)27;/h4-8,11-12,14,19H,9-10,13H2,1-3H3,(H2,23,29)(H,24,25);4-8,11-12,14,19H,9-10,13H2,1-3H3,(H,23,24)(H,29,30);1H3/t2*14?,19-;/m00./s1. The molecule has 0 radical (unpaired) electrons. The van der Waals surface area contributed by atoms with E-state index in [-0.39, 0.29) is 59.5 Å². The molecule has 2 unspecified atom stereocenters. The van der Waals surface area contributed by atoms with Crippen molar-refractivity contribution in [3.8, 4) is 0 Å². The molecule has 0 aliphatic carbocycles. The number of aromatic nitrogens is 2. The van der Waals surface area contributed by atoms with Crippen LogP contribution < -0.4 is 22.5 Å². The lowest BCUT2D eigenvalue weighted by molar-refractivity contribution is -0.130. The average molecular weight is 837 g/mol. The summed E-state index contributed by atoms with van der Waals surface area (Å²) in [5, 5.41) is 15.6. The monoisotopic (exact) mass is 836 g/mol. The van der Waals surface area contributed by atoms with Gasteiger partial charge in [0.2, 0.25) is 17.7 Å². The van der Waals surface area contributed by atoms with E-state index in [0.717, 1.165) is 24.0 Å². The number of aromatic carboxylic acids is 1. The van der Waals surface area contributed by atoms with Crippen LogP contribution in [0.4, 0.5) is 11.6 Å². The van der Waals surface area contributed by atoms with Crippen LogP contribution in [0, 0.1) is 0 Å². The van der Waals surface area contributed by atoms with Gasteiger partial charge >= 0.3 is 5.97 Å². The summed E-state index contributed by atoms with van der Waals surface area (Å²) >= 11 is 0. The predicted molar refractivity (Wildman–Crippen MR) is 231 cm³/mol. The van der Waals surface area contributed by atoms with Gasteiger partial charge in [-0.1, -0.05) is 24.3 Å². The highest BCUT2D eigenvalue weighted by Gasteiger charge is 2.32. The number of carboxylic acid groups (broad SMARTS) is 1. The third-order valence-electron chi connectivity index (χ3n) is 11.0. The van der Waals surface area contributed by atoms with E-state index < -0.39 is 11.9 Å². The second-order valence-corrected chi connectivity index (χ2v) is 15.2. The van der Waals surface area contributed by atoms with Crippen molar-refractivity contribution in [2.24, 2.45) is 5.73 Å². The normalized spacial score (nSPS) is 16.5. The van der Waals surface area contributed by atoms with E-state index in [4.69, 9.17) is 10.8 Å². The lowest BCUT2D eigenvalue weighted by atomic mass is 10.0. The van der Waals surface area contributed by atoms with Gasteiger partial charge in [-0.15, -0.1) is 0 Å². The molecule has 4 heterocycles. The Kier molecular flexibility index (Phi) is 16.0. The molecule has 2 aromatic heterocycles. The van der Waals surface area contributed by atoms with Crippen molar-refractivity contribution in [3.63, 3.8) is 0 Å². The van der Waals surface area contributed by atoms with E-state index in [1.165, 1.54) is 20.0 Å². The molecule has 324 valence electrons. The first-order valence-electron chi connectivity index (χ1n) is 19.8. The Morgan fingerprint density at radius 2 is 1.08 bits per heavy atom. The van der Waals surface area contributed by atoms with Crippen LogP contribution in [0.2, 0.25) is 0 Å². The summed E-state index contributed by atoms with van der Waals surface area (Å²) in [5.41, 5.74) is 8.77. The number of nitrogens with two attached hydrogens (primary N) is 1. The number of pyridine rings is 2. The van der Waals surface area contributed by atoms with E-state index in [1.54, 1.807) is 101 Å². The Labute approximate surface area is 355 Å². The maximum Gasteiger partial charge on any atom is 0.335 e. The van der Waals surface area contributed by atoms with Crippen LogP contribution in [0.1, 0.15) is 105 Å². The molecule has 0 saturated carbocycles. The summed E-state index contributed by atoms with van der Waals surface area (Å²) in [6.07, 6.45) is 4.63. The molecule has 17 nitrogen and oxygen atoms in total. The van der Waals surface area contributed by atoms with E-state index in [1.807, 2.05) is 26.0 Å². The van der Waals surface area contributed by atoms with Crippen LogP contribution >= 0.6 is 0 Å². The third-order valence-corrected chi connectivity index (χ3v) is 11.0. The fourth-order valence-electron chi connectivity index (χ4n) is 7.09. The Hall–Kier alpha value is -6.88. The number of likely N-dealkylation sites (N-methyl/N-ethyl adjacent to an activating group) is 2. The largest absolute Gasteiger partial charge is 0.478 e. The first-order chi connectivity index (χ1) is 28.5. The number of nitrogens with one attached hydrogen (secondary N) is 2. The maximum atomic E-state index is 12.8. The fraction of sp³-hybridized carbons (Fsp3) is 0.364. The van der Waals surface area contributed by atoms with Crippen LogP contribution in [0.3, 0.4) is 0 Å². The SMILES string of the molecule is CC(=O)N(C)[C@H]1CCN(C(=O)c2ccc(NC(C)c3cccc(C(=O)O)c3)nc2)C1.CC(=O)N(C)[C@H]1CCN(C(=O)c2ccc(NC(C)c3cccc(C(N)=O)c3)nc2)C1.N. The van der Waals surface area contributed by atoms with Crippen LogP contribution in [0.15, 0.2) is 85.2 Å². The molecule has 8 N–H and O–H groups in total. The molecule has 0 bridgehead atoms. The van der Waals surface area contributed by atoms with Gasteiger partial charge in [0, 0.05) is 84.2 Å². The van der Waals surface area contributed by atoms with Gasteiger partial charge in [0.25, 0.3) is 11.8 Å². The number of amides is 5. The minimum atomic E-state index is -0.969. The smallest absolute Gasteiger partial charge is 0.335 e. The molecule has 4 aromatic rings. The Morgan fingerprint density at radius 3 is 1.44 bits per heavy atom. The van der Waals surface area contributed by atoms with E-state index in [9.17, 15) is 28.8 Å². The average Bonchev–Trinajstić information content (AvgIpc) is 3.95. The van der Waals surface area contributed by atoms with Gasteiger partial charge in [-0.05, 0) is 86.3 Å². The number of hydrogen-bond donors (Lipinski definition) is 5. The van der Waals surface area contributed by atoms with Gasteiger partial charge in [-0.25, -0.2) is 14.8 Å². The zero-order chi connectivity index (χ0) is 43.7. The molecule has 0 spiro atoms. The van der Waals surface area contributed by atoms with Gasteiger partial charge in [-0.2, -0.15) is 0 Å². The van der Waals surface area contributed by atoms with Crippen LogP contribution in [0.5, 0.6) is 0 Å². The van der Waals surface area contributed by atoms with Crippen molar-refractivity contribution < 1.29 is 33.9 Å². The van der Waals surface area contributed by atoms with Gasteiger partial charge in [0.05, 0.1) is 28.8 Å². The summed E-state index contributed by atoms with van der Waals surface area (Å²) in [7, 11) is 3.53. The molecule has 17 heteroatoms. The van der Waals surface area contributed by atoms with Gasteiger partial charge in [-0.3, -0.25) is 24.0 Å². The predicted octanol–water partition coefficient (Wildman–Crippen LogP) is 4.85. The number of carbonyl (C=O) groups is 6. The lowest BCUT2D eigenvalue weighted by Crippen LogP contribution is -2.38. The number of primary amides is 1. The van der Waals surface area contributed by atoms with Crippen LogP contribution in [0.25, 0.3) is 0 Å². The molecular formula is C44H56N10O7. The first kappa shape index (κ1) is 46.8. The molecule has 2 aromatic carbocycles. The molecule has 2 fully saturated rings. The van der Waals surface area contributed by atoms with Gasteiger partial charge in [0.1, 0.15) is 11.6 Å².